The number of aliphatic hydroxyl groups excluding tert-OH is 1. The Kier molecular flexibility index (Phi) is 6.07. The number of hydrogen-bond donors (Lipinski definition) is 2. The van der Waals surface area contributed by atoms with E-state index in [2.05, 4.69) is 22.3 Å². The summed E-state index contributed by atoms with van der Waals surface area (Å²) in [6.07, 6.45) is -0.513. The maximum absolute atomic E-state index is 9.34. The van der Waals surface area contributed by atoms with Crippen LogP contribution in [0.3, 0.4) is 0 Å². The minimum absolute atomic E-state index is 0.188. The molecule has 0 saturated carbocycles. The molecule has 0 unspecified atom stereocenters. The fourth-order valence-electron chi connectivity index (χ4n) is 3.00. The quantitative estimate of drug-likeness (QED) is 0.825. The Labute approximate surface area is 158 Å². The zero-order valence-electron chi connectivity index (χ0n) is 14.1. The number of aliphatic hydroxyl groups is 1. The highest BCUT2D eigenvalue weighted by molar-refractivity contribution is 6.33. The third-order valence-corrected chi connectivity index (χ3v) is 4.77. The molecule has 4 nitrogen and oxygen atoms in total. The van der Waals surface area contributed by atoms with Crippen molar-refractivity contribution in [3.05, 3.63) is 58.1 Å². The van der Waals surface area contributed by atoms with Crippen molar-refractivity contribution in [1.82, 2.24) is 5.32 Å². The molecule has 0 spiro atoms. The molecule has 2 aromatic carbocycles. The molecule has 2 atom stereocenters. The second kappa shape index (κ2) is 8.28. The van der Waals surface area contributed by atoms with Crippen LogP contribution in [0.15, 0.2) is 42.5 Å². The van der Waals surface area contributed by atoms with Crippen molar-refractivity contribution < 1.29 is 9.84 Å². The van der Waals surface area contributed by atoms with Gasteiger partial charge in [0, 0.05) is 30.7 Å². The van der Waals surface area contributed by atoms with Crippen LogP contribution in [0.4, 0.5) is 5.69 Å². The lowest BCUT2D eigenvalue weighted by atomic mass is 10.0. The van der Waals surface area contributed by atoms with Crippen LogP contribution in [0.5, 0.6) is 5.75 Å². The molecule has 6 heteroatoms. The van der Waals surface area contributed by atoms with E-state index in [0.29, 0.717) is 10.8 Å². The van der Waals surface area contributed by atoms with Crippen LogP contribution in [0.1, 0.15) is 18.5 Å². The van der Waals surface area contributed by atoms with Gasteiger partial charge in [0.2, 0.25) is 0 Å². The molecular weight excluding hydrogens is 359 g/mol. The summed E-state index contributed by atoms with van der Waals surface area (Å²) in [5.74, 6) is 0.660. The predicted molar refractivity (Wildman–Crippen MR) is 103 cm³/mol. The highest BCUT2D eigenvalue weighted by Crippen LogP contribution is 2.36. The first-order valence-corrected chi connectivity index (χ1v) is 9.13. The Morgan fingerprint density at radius 3 is 2.68 bits per heavy atom. The third-order valence-electron chi connectivity index (χ3n) is 4.22. The summed E-state index contributed by atoms with van der Waals surface area (Å²) in [5.41, 5.74) is 2.18. The molecule has 134 valence electrons. The number of piperazine rings is 1. The molecule has 2 aromatic rings. The van der Waals surface area contributed by atoms with Gasteiger partial charge in [-0.3, -0.25) is 0 Å². The minimum atomic E-state index is -0.513. The van der Waals surface area contributed by atoms with Crippen molar-refractivity contribution in [2.45, 2.75) is 19.1 Å². The van der Waals surface area contributed by atoms with Crippen LogP contribution in [-0.2, 0) is 0 Å². The highest BCUT2D eigenvalue weighted by Gasteiger charge is 2.25. The van der Waals surface area contributed by atoms with Gasteiger partial charge in [-0.05, 0) is 36.8 Å². The lowest BCUT2D eigenvalue weighted by molar-refractivity contribution is 0.123. The van der Waals surface area contributed by atoms with E-state index in [1.807, 2.05) is 24.3 Å². The maximum atomic E-state index is 9.34. The predicted octanol–water partition coefficient (Wildman–Crippen LogP) is 3.90. The third kappa shape index (κ3) is 4.59. The maximum Gasteiger partial charge on any atom is 0.121 e. The van der Waals surface area contributed by atoms with Crippen LogP contribution in [0.2, 0.25) is 10.0 Å². The van der Waals surface area contributed by atoms with Crippen LogP contribution >= 0.6 is 23.2 Å². The average Bonchev–Trinajstić information content (AvgIpc) is 2.61. The number of nitrogens with zero attached hydrogens (tertiary/aromatic N) is 1. The van der Waals surface area contributed by atoms with Crippen molar-refractivity contribution in [1.29, 1.82) is 0 Å². The molecule has 1 fully saturated rings. The van der Waals surface area contributed by atoms with Gasteiger partial charge in [0.05, 0.1) is 22.9 Å². The SMILES string of the molecule is C[C@@H](O)COc1ccc(N2CCNC[C@H]2c2ccc(Cl)cc2)c(Cl)c1. The number of nitrogens with one attached hydrogen (secondary N) is 1. The van der Waals surface area contributed by atoms with Gasteiger partial charge in [-0.1, -0.05) is 35.3 Å². The van der Waals surface area contributed by atoms with Crippen molar-refractivity contribution in [2.75, 3.05) is 31.1 Å². The van der Waals surface area contributed by atoms with Crippen LogP contribution in [-0.4, -0.2) is 37.5 Å². The van der Waals surface area contributed by atoms with Crippen LogP contribution in [0.25, 0.3) is 0 Å². The molecule has 1 aliphatic rings. The lowest BCUT2D eigenvalue weighted by Crippen LogP contribution is -2.46. The molecule has 0 aromatic heterocycles. The Morgan fingerprint density at radius 1 is 1.24 bits per heavy atom. The Balaban J connectivity index is 1.83. The standard InChI is InChI=1S/C19H22Cl2N2O2/c1-13(24)12-25-16-6-7-18(17(21)10-16)23-9-8-22-11-19(23)14-2-4-15(20)5-3-14/h2-7,10,13,19,22,24H,8-9,11-12H2,1H3/t13-,19+/m1/s1. The van der Waals surface area contributed by atoms with Gasteiger partial charge in [-0.2, -0.15) is 0 Å². The molecule has 0 radical (unpaired) electrons. The van der Waals surface area contributed by atoms with E-state index >= 15 is 0 Å². The Morgan fingerprint density at radius 2 is 2.00 bits per heavy atom. The number of anilines is 1. The van der Waals surface area contributed by atoms with E-state index in [4.69, 9.17) is 27.9 Å². The monoisotopic (exact) mass is 380 g/mol. The van der Waals surface area contributed by atoms with E-state index in [-0.39, 0.29) is 12.6 Å². The summed E-state index contributed by atoms with van der Waals surface area (Å²) in [7, 11) is 0. The normalized spacial score (nSPS) is 18.9. The molecule has 1 aliphatic heterocycles. The molecule has 25 heavy (non-hydrogen) atoms. The largest absolute Gasteiger partial charge is 0.491 e. The average molecular weight is 381 g/mol. The summed E-state index contributed by atoms with van der Waals surface area (Å²) in [5, 5.41) is 14.2. The molecule has 1 heterocycles. The second-order valence-corrected chi connectivity index (χ2v) is 7.08. The Bertz CT molecular complexity index is 707. The van der Waals surface area contributed by atoms with Crippen LogP contribution in [0, 0.1) is 0 Å². The summed E-state index contributed by atoms with van der Waals surface area (Å²) in [4.78, 5) is 2.31. The second-order valence-electron chi connectivity index (χ2n) is 6.24. The topological polar surface area (TPSA) is 44.7 Å². The van der Waals surface area contributed by atoms with E-state index in [0.717, 1.165) is 30.3 Å². The summed E-state index contributed by atoms with van der Waals surface area (Å²) in [6.45, 7) is 4.55. The molecular formula is C19H22Cl2N2O2. The van der Waals surface area contributed by atoms with Crippen LogP contribution < -0.4 is 15.0 Å². The van der Waals surface area contributed by atoms with Crippen molar-refractivity contribution >= 4 is 28.9 Å². The van der Waals surface area contributed by atoms with Gasteiger partial charge in [0.25, 0.3) is 0 Å². The minimum Gasteiger partial charge on any atom is -0.491 e. The number of hydrogen-bond acceptors (Lipinski definition) is 4. The van der Waals surface area contributed by atoms with Gasteiger partial charge < -0.3 is 20.1 Å². The van der Waals surface area contributed by atoms with Crippen molar-refractivity contribution in [3.8, 4) is 5.75 Å². The fraction of sp³-hybridized carbons (Fsp3) is 0.368. The first-order valence-electron chi connectivity index (χ1n) is 8.38. The Hall–Kier alpha value is -1.46. The van der Waals surface area contributed by atoms with E-state index in [1.54, 1.807) is 13.0 Å². The highest BCUT2D eigenvalue weighted by atomic mass is 35.5. The molecule has 2 N–H and O–H groups in total. The van der Waals surface area contributed by atoms with E-state index in [9.17, 15) is 5.11 Å². The number of halogens is 2. The van der Waals surface area contributed by atoms with Gasteiger partial charge in [0.1, 0.15) is 12.4 Å². The fourth-order valence-corrected chi connectivity index (χ4v) is 3.41. The summed E-state index contributed by atoms with van der Waals surface area (Å²) in [6, 6.07) is 13.8. The molecule has 1 saturated heterocycles. The van der Waals surface area contributed by atoms with Gasteiger partial charge in [0.15, 0.2) is 0 Å². The van der Waals surface area contributed by atoms with Gasteiger partial charge >= 0.3 is 0 Å². The number of benzene rings is 2. The lowest BCUT2D eigenvalue weighted by Gasteiger charge is -2.39. The molecule has 3 rings (SSSR count). The van der Waals surface area contributed by atoms with E-state index in [1.165, 1.54) is 5.56 Å². The van der Waals surface area contributed by atoms with E-state index < -0.39 is 6.10 Å². The van der Waals surface area contributed by atoms with Gasteiger partial charge in [-0.25, -0.2) is 0 Å². The smallest absolute Gasteiger partial charge is 0.121 e. The number of rotatable bonds is 5. The van der Waals surface area contributed by atoms with Gasteiger partial charge in [-0.15, -0.1) is 0 Å². The first kappa shape index (κ1) is 18.3. The summed E-state index contributed by atoms with van der Waals surface area (Å²) < 4.78 is 5.54. The molecule has 0 amide bonds. The first-order chi connectivity index (χ1) is 12.0. The molecule has 0 bridgehead atoms. The zero-order valence-corrected chi connectivity index (χ0v) is 15.6. The zero-order chi connectivity index (χ0) is 17.8. The van der Waals surface area contributed by atoms with Crippen molar-refractivity contribution in [3.63, 3.8) is 0 Å². The van der Waals surface area contributed by atoms with Crippen molar-refractivity contribution in [2.24, 2.45) is 0 Å². The number of ether oxygens (including phenoxy) is 1. The molecule has 0 aliphatic carbocycles. The summed E-state index contributed by atoms with van der Waals surface area (Å²) >= 11 is 12.5.